The van der Waals surface area contributed by atoms with Gasteiger partial charge in [-0.25, -0.2) is 4.39 Å². The molecule has 4 heteroatoms. The first-order valence-electron chi connectivity index (χ1n) is 7.32. The average molecular weight is 292 g/mol. The Hall–Kier alpha value is -1.03. The summed E-state index contributed by atoms with van der Waals surface area (Å²) in [5.41, 5.74) is 1.61. The number of thioether (sulfide) groups is 1. The summed E-state index contributed by atoms with van der Waals surface area (Å²) in [4.78, 5) is 4.91. The molecule has 1 aromatic carbocycles. The molecule has 0 radical (unpaired) electrons. The van der Waals surface area contributed by atoms with E-state index in [4.69, 9.17) is 4.99 Å². The van der Waals surface area contributed by atoms with Gasteiger partial charge in [0.25, 0.3) is 0 Å². The lowest BCUT2D eigenvalue weighted by Gasteiger charge is -2.32. The lowest BCUT2D eigenvalue weighted by atomic mass is 9.79. The first-order valence-corrected chi connectivity index (χ1v) is 8.31. The summed E-state index contributed by atoms with van der Waals surface area (Å²) < 4.78 is 13.6. The number of aliphatic imine (C=N–C) groups is 1. The van der Waals surface area contributed by atoms with Crippen LogP contribution in [0.5, 0.6) is 0 Å². The number of anilines is 1. The number of hydrogen-bond acceptors (Lipinski definition) is 3. The van der Waals surface area contributed by atoms with Crippen molar-refractivity contribution in [3.8, 4) is 0 Å². The molecule has 1 fully saturated rings. The maximum absolute atomic E-state index is 13.6. The van der Waals surface area contributed by atoms with Gasteiger partial charge in [-0.2, -0.15) is 0 Å². The van der Waals surface area contributed by atoms with Gasteiger partial charge in [0.05, 0.1) is 5.54 Å². The van der Waals surface area contributed by atoms with Gasteiger partial charge in [-0.05, 0) is 56.2 Å². The Balaban J connectivity index is 1.71. The molecule has 2 nitrogen and oxygen atoms in total. The molecule has 1 saturated carbocycles. The van der Waals surface area contributed by atoms with E-state index in [1.54, 1.807) is 30.8 Å². The van der Waals surface area contributed by atoms with Crippen molar-refractivity contribution in [2.45, 2.75) is 45.1 Å². The lowest BCUT2D eigenvalue weighted by Crippen LogP contribution is -2.32. The molecule has 20 heavy (non-hydrogen) atoms. The molecular weight excluding hydrogens is 271 g/mol. The fourth-order valence-electron chi connectivity index (χ4n) is 2.90. The molecule has 1 heterocycles. The number of nitrogens with one attached hydrogen (secondary N) is 1. The van der Waals surface area contributed by atoms with E-state index in [1.807, 2.05) is 6.07 Å². The highest BCUT2D eigenvalue weighted by Gasteiger charge is 2.38. The van der Waals surface area contributed by atoms with Gasteiger partial charge < -0.3 is 5.32 Å². The first-order chi connectivity index (χ1) is 9.56. The highest BCUT2D eigenvalue weighted by molar-refractivity contribution is 8.14. The van der Waals surface area contributed by atoms with Gasteiger partial charge in [0.1, 0.15) is 5.82 Å². The predicted molar refractivity (Wildman–Crippen MR) is 85.0 cm³/mol. The van der Waals surface area contributed by atoms with Crippen LogP contribution in [0.1, 0.15) is 38.2 Å². The van der Waals surface area contributed by atoms with E-state index in [1.165, 1.54) is 25.7 Å². The second-order valence-electron chi connectivity index (χ2n) is 6.20. The molecule has 0 saturated heterocycles. The van der Waals surface area contributed by atoms with Gasteiger partial charge in [0.2, 0.25) is 0 Å². The Morgan fingerprint density at radius 2 is 2.10 bits per heavy atom. The van der Waals surface area contributed by atoms with Crippen LogP contribution in [-0.4, -0.2) is 16.5 Å². The first kappa shape index (κ1) is 13.9. The molecule has 0 amide bonds. The van der Waals surface area contributed by atoms with Crippen molar-refractivity contribution in [2.24, 2.45) is 10.9 Å². The lowest BCUT2D eigenvalue weighted by molar-refractivity contribution is 0.273. The van der Waals surface area contributed by atoms with Gasteiger partial charge in [0, 0.05) is 11.4 Å². The van der Waals surface area contributed by atoms with Crippen LogP contribution in [0.3, 0.4) is 0 Å². The van der Waals surface area contributed by atoms with E-state index in [2.05, 4.69) is 12.2 Å². The van der Waals surface area contributed by atoms with Gasteiger partial charge in [-0.1, -0.05) is 24.8 Å². The molecule has 1 N–H and O–H groups in total. The Kier molecular flexibility index (Phi) is 3.76. The maximum Gasteiger partial charge on any atom is 0.161 e. The van der Waals surface area contributed by atoms with Crippen molar-refractivity contribution in [3.63, 3.8) is 0 Å². The van der Waals surface area contributed by atoms with Crippen molar-refractivity contribution in [2.75, 3.05) is 11.1 Å². The van der Waals surface area contributed by atoms with Crippen molar-refractivity contribution >= 4 is 22.6 Å². The number of amidine groups is 1. The Bertz CT molecular complexity index is 533. The number of aryl methyl sites for hydroxylation is 1. The van der Waals surface area contributed by atoms with Crippen LogP contribution in [0.4, 0.5) is 10.1 Å². The summed E-state index contributed by atoms with van der Waals surface area (Å²) in [5, 5.41) is 4.21. The molecule has 3 rings (SSSR count). The standard InChI is InChI=1S/C16H21FN2S/c1-11-5-7-16(8-6-11)10-20-15(19-16)18-13-4-3-12(2)14(17)9-13/h3-4,9,11H,5-8,10H2,1-2H3,(H,18,19). The van der Waals surface area contributed by atoms with Gasteiger partial charge in [0.15, 0.2) is 5.17 Å². The molecular formula is C16H21FN2S. The summed E-state index contributed by atoms with van der Waals surface area (Å²) in [6, 6.07) is 5.26. The van der Waals surface area contributed by atoms with Crippen molar-refractivity contribution < 1.29 is 4.39 Å². The average Bonchev–Trinajstić information content (AvgIpc) is 2.81. The largest absolute Gasteiger partial charge is 0.335 e. The normalized spacial score (nSPS) is 29.6. The quantitative estimate of drug-likeness (QED) is 0.818. The molecule has 0 aromatic heterocycles. The SMILES string of the molecule is Cc1ccc(NC2=NC3(CCC(C)CC3)CS2)cc1F. The number of rotatable bonds is 1. The molecule has 1 spiro atoms. The van der Waals surface area contributed by atoms with Crippen LogP contribution in [0.2, 0.25) is 0 Å². The van der Waals surface area contributed by atoms with E-state index in [0.717, 1.165) is 22.5 Å². The van der Waals surface area contributed by atoms with Gasteiger partial charge in [-0.15, -0.1) is 0 Å². The zero-order chi connectivity index (χ0) is 14.2. The Morgan fingerprint density at radius 3 is 2.80 bits per heavy atom. The summed E-state index contributed by atoms with van der Waals surface area (Å²) in [6.07, 6.45) is 4.93. The number of halogens is 1. The minimum Gasteiger partial charge on any atom is -0.335 e. The number of hydrogen-bond donors (Lipinski definition) is 1. The fraction of sp³-hybridized carbons (Fsp3) is 0.562. The van der Waals surface area contributed by atoms with E-state index in [-0.39, 0.29) is 11.4 Å². The smallest absolute Gasteiger partial charge is 0.161 e. The molecule has 0 unspecified atom stereocenters. The zero-order valence-electron chi connectivity index (χ0n) is 12.1. The number of benzene rings is 1. The van der Waals surface area contributed by atoms with E-state index in [0.29, 0.717) is 5.56 Å². The topological polar surface area (TPSA) is 24.4 Å². The summed E-state index contributed by atoms with van der Waals surface area (Å²) in [6.45, 7) is 4.10. The molecule has 1 aliphatic carbocycles. The fourth-order valence-corrected chi connectivity index (χ4v) is 4.10. The highest BCUT2D eigenvalue weighted by atomic mass is 32.2. The third kappa shape index (κ3) is 2.85. The van der Waals surface area contributed by atoms with Crippen LogP contribution < -0.4 is 5.32 Å². The highest BCUT2D eigenvalue weighted by Crippen LogP contribution is 2.41. The number of nitrogens with zero attached hydrogens (tertiary/aromatic N) is 1. The Morgan fingerprint density at radius 1 is 1.35 bits per heavy atom. The van der Waals surface area contributed by atoms with Gasteiger partial charge in [-0.3, -0.25) is 4.99 Å². The second-order valence-corrected chi connectivity index (χ2v) is 7.17. The molecule has 2 aliphatic rings. The van der Waals surface area contributed by atoms with Crippen LogP contribution in [0.25, 0.3) is 0 Å². The van der Waals surface area contributed by atoms with Gasteiger partial charge >= 0.3 is 0 Å². The van der Waals surface area contributed by atoms with Crippen LogP contribution >= 0.6 is 11.8 Å². The van der Waals surface area contributed by atoms with E-state index < -0.39 is 0 Å². The van der Waals surface area contributed by atoms with E-state index >= 15 is 0 Å². The van der Waals surface area contributed by atoms with Crippen LogP contribution in [0.15, 0.2) is 23.2 Å². The second kappa shape index (κ2) is 5.40. The van der Waals surface area contributed by atoms with Crippen molar-refractivity contribution in [1.82, 2.24) is 0 Å². The summed E-state index contributed by atoms with van der Waals surface area (Å²) in [7, 11) is 0. The van der Waals surface area contributed by atoms with Crippen molar-refractivity contribution in [1.29, 1.82) is 0 Å². The molecule has 0 atom stereocenters. The van der Waals surface area contributed by atoms with Crippen LogP contribution in [0, 0.1) is 18.7 Å². The predicted octanol–water partition coefficient (Wildman–Crippen LogP) is 4.60. The van der Waals surface area contributed by atoms with Crippen LogP contribution in [-0.2, 0) is 0 Å². The van der Waals surface area contributed by atoms with Crippen molar-refractivity contribution in [3.05, 3.63) is 29.6 Å². The summed E-state index contributed by atoms with van der Waals surface area (Å²) >= 11 is 1.77. The summed E-state index contributed by atoms with van der Waals surface area (Å²) in [5.74, 6) is 1.74. The molecule has 108 valence electrons. The molecule has 1 aromatic rings. The third-order valence-electron chi connectivity index (χ3n) is 4.44. The monoisotopic (exact) mass is 292 g/mol. The third-order valence-corrected chi connectivity index (χ3v) is 5.59. The maximum atomic E-state index is 13.6. The minimum atomic E-state index is -0.167. The van der Waals surface area contributed by atoms with E-state index in [9.17, 15) is 4.39 Å². The molecule has 0 bridgehead atoms. The minimum absolute atomic E-state index is 0.142. The Labute approximate surface area is 124 Å². The zero-order valence-corrected chi connectivity index (χ0v) is 12.9. The molecule has 1 aliphatic heterocycles.